The summed E-state index contributed by atoms with van der Waals surface area (Å²) in [5.74, 6) is -0.598. The van der Waals surface area contributed by atoms with E-state index in [-0.39, 0.29) is 5.91 Å². The monoisotopic (exact) mass is 255 g/mol. The molecule has 2 N–H and O–H groups in total. The lowest BCUT2D eigenvalue weighted by Crippen LogP contribution is -2.59. The SMILES string of the molecule is CCCCC(CC)CC(=O)NC1(C(=O)O)CCC1. The minimum Gasteiger partial charge on any atom is -0.480 e. The second kappa shape index (κ2) is 6.76. The first kappa shape index (κ1) is 15.0. The number of carbonyl (C=O) groups is 2. The Labute approximate surface area is 109 Å². The van der Waals surface area contributed by atoms with Crippen LogP contribution in [0.2, 0.25) is 0 Å². The molecule has 1 saturated carbocycles. The molecule has 18 heavy (non-hydrogen) atoms. The lowest BCUT2D eigenvalue weighted by molar-refractivity contribution is -0.152. The van der Waals surface area contributed by atoms with E-state index in [1.807, 2.05) is 0 Å². The molecule has 0 aromatic rings. The number of carboxylic acid groups (broad SMARTS) is 1. The van der Waals surface area contributed by atoms with E-state index in [0.29, 0.717) is 25.2 Å². The summed E-state index contributed by atoms with van der Waals surface area (Å²) in [5.41, 5.74) is -0.958. The van der Waals surface area contributed by atoms with Crippen molar-refractivity contribution in [1.82, 2.24) is 5.32 Å². The van der Waals surface area contributed by atoms with Crippen molar-refractivity contribution in [2.24, 2.45) is 5.92 Å². The van der Waals surface area contributed by atoms with Gasteiger partial charge in [0.2, 0.25) is 5.91 Å². The average Bonchev–Trinajstić information content (AvgIpc) is 2.28. The highest BCUT2D eigenvalue weighted by molar-refractivity contribution is 5.87. The van der Waals surface area contributed by atoms with Crippen molar-refractivity contribution in [3.8, 4) is 0 Å². The molecule has 1 atom stereocenters. The lowest BCUT2D eigenvalue weighted by atomic mass is 9.76. The van der Waals surface area contributed by atoms with Gasteiger partial charge in [-0.05, 0) is 31.6 Å². The fourth-order valence-corrected chi connectivity index (χ4v) is 2.45. The van der Waals surface area contributed by atoms with Crippen LogP contribution in [-0.2, 0) is 9.59 Å². The predicted octanol–water partition coefficient (Wildman–Crippen LogP) is 2.72. The number of carboxylic acids is 1. The second-order valence-corrected chi connectivity index (χ2v) is 5.41. The van der Waals surface area contributed by atoms with Crippen molar-refractivity contribution in [3.63, 3.8) is 0 Å². The van der Waals surface area contributed by atoms with E-state index in [9.17, 15) is 9.59 Å². The van der Waals surface area contributed by atoms with Gasteiger partial charge in [0.15, 0.2) is 0 Å². The van der Waals surface area contributed by atoms with Crippen LogP contribution in [0.25, 0.3) is 0 Å². The van der Waals surface area contributed by atoms with Crippen molar-refractivity contribution < 1.29 is 14.7 Å². The minimum absolute atomic E-state index is 0.0972. The van der Waals surface area contributed by atoms with Crippen LogP contribution in [0.1, 0.15) is 65.2 Å². The van der Waals surface area contributed by atoms with E-state index >= 15 is 0 Å². The molecule has 0 radical (unpaired) electrons. The third kappa shape index (κ3) is 3.72. The third-order valence-electron chi connectivity index (χ3n) is 4.01. The van der Waals surface area contributed by atoms with Crippen LogP contribution in [0.5, 0.6) is 0 Å². The topological polar surface area (TPSA) is 66.4 Å². The molecule has 0 aromatic carbocycles. The van der Waals surface area contributed by atoms with Gasteiger partial charge in [-0.2, -0.15) is 0 Å². The summed E-state index contributed by atoms with van der Waals surface area (Å²) in [5, 5.41) is 11.9. The van der Waals surface area contributed by atoms with Crippen molar-refractivity contribution in [2.45, 2.75) is 70.8 Å². The summed E-state index contributed by atoms with van der Waals surface area (Å²) in [6.45, 7) is 4.23. The average molecular weight is 255 g/mol. The van der Waals surface area contributed by atoms with Gasteiger partial charge in [0.25, 0.3) is 0 Å². The van der Waals surface area contributed by atoms with Gasteiger partial charge in [-0.15, -0.1) is 0 Å². The van der Waals surface area contributed by atoms with E-state index in [0.717, 1.165) is 32.1 Å². The zero-order chi connectivity index (χ0) is 13.6. The Hall–Kier alpha value is -1.06. The summed E-state index contributed by atoms with van der Waals surface area (Å²) in [4.78, 5) is 23.1. The fraction of sp³-hybridized carbons (Fsp3) is 0.857. The van der Waals surface area contributed by atoms with Gasteiger partial charge in [-0.25, -0.2) is 4.79 Å². The zero-order valence-corrected chi connectivity index (χ0v) is 11.5. The molecule has 1 rings (SSSR count). The van der Waals surface area contributed by atoms with Gasteiger partial charge < -0.3 is 10.4 Å². The van der Waals surface area contributed by atoms with Crippen molar-refractivity contribution in [2.75, 3.05) is 0 Å². The number of nitrogens with one attached hydrogen (secondary N) is 1. The minimum atomic E-state index is -0.958. The number of amides is 1. The van der Waals surface area contributed by atoms with E-state index in [1.165, 1.54) is 0 Å². The number of carbonyl (C=O) groups excluding carboxylic acids is 1. The van der Waals surface area contributed by atoms with Gasteiger partial charge in [-0.1, -0.05) is 33.1 Å². The molecule has 4 heteroatoms. The molecular formula is C14H25NO3. The maximum absolute atomic E-state index is 11.9. The first-order chi connectivity index (χ1) is 8.54. The third-order valence-corrected chi connectivity index (χ3v) is 4.01. The molecule has 1 aliphatic carbocycles. The Kier molecular flexibility index (Phi) is 5.63. The molecule has 4 nitrogen and oxygen atoms in total. The van der Waals surface area contributed by atoms with Crippen molar-refractivity contribution >= 4 is 11.9 Å². The molecule has 0 bridgehead atoms. The normalized spacial score (nSPS) is 18.8. The molecular weight excluding hydrogens is 230 g/mol. The van der Waals surface area contributed by atoms with E-state index in [2.05, 4.69) is 19.2 Å². The Morgan fingerprint density at radius 2 is 2.00 bits per heavy atom. The fourth-order valence-electron chi connectivity index (χ4n) is 2.45. The molecule has 1 amide bonds. The van der Waals surface area contributed by atoms with Crippen molar-refractivity contribution in [1.29, 1.82) is 0 Å². The van der Waals surface area contributed by atoms with E-state index in [1.54, 1.807) is 0 Å². The van der Waals surface area contributed by atoms with Crippen LogP contribution in [0.4, 0.5) is 0 Å². The molecule has 104 valence electrons. The number of hydrogen-bond donors (Lipinski definition) is 2. The van der Waals surface area contributed by atoms with Crippen LogP contribution in [-0.4, -0.2) is 22.5 Å². The molecule has 0 aromatic heterocycles. The molecule has 1 unspecified atom stereocenters. The molecule has 1 fully saturated rings. The summed E-state index contributed by atoms with van der Waals surface area (Å²) in [6, 6.07) is 0. The summed E-state index contributed by atoms with van der Waals surface area (Å²) in [7, 11) is 0. The highest BCUT2D eigenvalue weighted by atomic mass is 16.4. The number of rotatable bonds is 8. The van der Waals surface area contributed by atoms with E-state index < -0.39 is 11.5 Å². The van der Waals surface area contributed by atoms with Gasteiger partial charge in [0.1, 0.15) is 5.54 Å². The number of aliphatic carboxylic acids is 1. The largest absolute Gasteiger partial charge is 0.480 e. The van der Waals surface area contributed by atoms with Gasteiger partial charge in [0.05, 0.1) is 0 Å². The van der Waals surface area contributed by atoms with Crippen LogP contribution in [0.3, 0.4) is 0 Å². The molecule has 0 saturated heterocycles. The Bertz CT molecular complexity index is 297. The second-order valence-electron chi connectivity index (χ2n) is 5.41. The lowest BCUT2D eigenvalue weighted by Gasteiger charge is -2.38. The van der Waals surface area contributed by atoms with E-state index in [4.69, 9.17) is 5.11 Å². The Morgan fingerprint density at radius 1 is 1.33 bits per heavy atom. The Morgan fingerprint density at radius 3 is 2.39 bits per heavy atom. The van der Waals surface area contributed by atoms with Gasteiger partial charge in [-0.3, -0.25) is 4.79 Å². The highest BCUT2D eigenvalue weighted by Gasteiger charge is 2.45. The standard InChI is InChI=1S/C14H25NO3/c1-3-5-7-11(4-2)10-12(16)15-14(13(17)18)8-6-9-14/h11H,3-10H2,1-2H3,(H,15,16)(H,17,18). The van der Waals surface area contributed by atoms with Gasteiger partial charge >= 0.3 is 5.97 Å². The quantitative estimate of drug-likeness (QED) is 0.700. The molecule has 1 aliphatic rings. The highest BCUT2D eigenvalue weighted by Crippen LogP contribution is 2.32. The summed E-state index contributed by atoms with van der Waals surface area (Å²) in [6.07, 6.45) is 6.80. The first-order valence-electron chi connectivity index (χ1n) is 7.08. The van der Waals surface area contributed by atoms with Crippen LogP contribution >= 0.6 is 0 Å². The van der Waals surface area contributed by atoms with Crippen LogP contribution < -0.4 is 5.32 Å². The van der Waals surface area contributed by atoms with Crippen molar-refractivity contribution in [3.05, 3.63) is 0 Å². The Balaban J connectivity index is 2.42. The smallest absolute Gasteiger partial charge is 0.329 e. The van der Waals surface area contributed by atoms with Gasteiger partial charge in [0, 0.05) is 6.42 Å². The summed E-state index contributed by atoms with van der Waals surface area (Å²) < 4.78 is 0. The number of hydrogen-bond acceptors (Lipinski definition) is 2. The predicted molar refractivity (Wildman–Crippen MR) is 70.3 cm³/mol. The first-order valence-corrected chi connectivity index (χ1v) is 7.08. The molecule has 0 aliphatic heterocycles. The molecule has 0 spiro atoms. The van der Waals surface area contributed by atoms with Crippen LogP contribution in [0, 0.1) is 5.92 Å². The summed E-state index contributed by atoms with van der Waals surface area (Å²) >= 11 is 0. The van der Waals surface area contributed by atoms with Crippen LogP contribution in [0.15, 0.2) is 0 Å². The number of unbranched alkanes of at least 4 members (excludes halogenated alkanes) is 1. The zero-order valence-electron chi connectivity index (χ0n) is 11.5. The maximum Gasteiger partial charge on any atom is 0.329 e. The molecule has 0 heterocycles. The maximum atomic E-state index is 11.9.